The van der Waals surface area contributed by atoms with Gasteiger partial charge in [0.25, 0.3) is 5.22 Å². The number of hydrogen-bond donors (Lipinski definition) is 2. The van der Waals surface area contributed by atoms with Gasteiger partial charge in [0, 0.05) is 17.2 Å². The summed E-state index contributed by atoms with van der Waals surface area (Å²) < 4.78 is 5.09. The molecule has 0 saturated heterocycles. The van der Waals surface area contributed by atoms with Crippen LogP contribution in [0.25, 0.3) is 0 Å². The Labute approximate surface area is 125 Å². The lowest BCUT2D eigenvalue weighted by Crippen LogP contribution is -2.12. The first-order valence-corrected chi connectivity index (χ1v) is 7.38. The molecule has 5 nitrogen and oxygen atoms in total. The number of carbonyl (C=O) groups excluding carboxylic acids is 1. The number of hydrogen-bond acceptors (Lipinski definition) is 5. The summed E-state index contributed by atoms with van der Waals surface area (Å²) in [6.07, 6.45) is 4.24. The highest BCUT2D eigenvalue weighted by molar-refractivity contribution is 7.99. The van der Waals surface area contributed by atoms with E-state index >= 15 is 0 Å². The van der Waals surface area contributed by atoms with E-state index in [1.54, 1.807) is 24.4 Å². The standard InChI is InChI=1S/C13H14ClN3O2S/c14-9-3-4-10(15)11(8-9)17-12(18)2-1-7-20-13-16-5-6-19-13/h3-6,8H,1-2,7,15H2,(H,17,18). The fourth-order valence-corrected chi connectivity index (χ4v) is 2.42. The van der Waals surface area contributed by atoms with E-state index in [2.05, 4.69) is 10.3 Å². The van der Waals surface area contributed by atoms with E-state index in [0.717, 1.165) is 12.2 Å². The zero-order chi connectivity index (χ0) is 14.4. The molecule has 1 heterocycles. The molecule has 20 heavy (non-hydrogen) atoms. The van der Waals surface area contributed by atoms with Gasteiger partial charge in [0.15, 0.2) is 0 Å². The lowest BCUT2D eigenvalue weighted by atomic mass is 10.2. The Morgan fingerprint density at radius 2 is 2.35 bits per heavy atom. The molecule has 0 unspecified atom stereocenters. The molecule has 0 atom stereocenters. The number of nitrogens with zero attached hydrogens (tertiary/aromatic N) is 1. The minimum atomic E-state index is -0.0908. The minimum absolute atomic E-state index is 0.0908. The molecular formula is C13H14ClN3O2S. The monoisotopic (exact) mass is 311 g/mol. The largest absolute Gasteiger partial charge is 0.440 e. The SMILES string of the molecule is Nc1ccc(Cl)cc1NC(=O)CCCSc1ncco1. The highest BCUT2D eigenvalue weighted by Gasteiger charge is 2.06. The van der Waals surface area contributed by atoms with Crippen LogP contribution in [-0.2, 0) is 4.79 Å². The molecule has 106 valence electrons. The summed E-state index contributed by atoms with van der Waals surface area (Å²) in [5.74, 6) is 0.672. The van der Waals surface area contributed by atoms with E-state index in [1.165, 1.54) is 18.0 Å². The van der Waals surface area contributed by atoms with Crippen LogP contribution in [-0.4, -0.2) is 16.6 Å². The second-order valence-corrected chi connectivity index (χ2v) is 5.51. The van der Waals surface area contributed by atoms with Crippen molar-refractivity contribution in [3.05, 3.63) is 35.7 Å². The number of anilines is 2. The Balaban J connectivity index is 1.73. The Morgan fingerprint density at radius 3 is 3.10 bits per heavy atom. The number of nitrogens with one attached hydrogen (secondary N) is 1. The van der Waals surface area contributed by atoms with E-state index in [9.17, 15) is 4.79 Å². The van der Waals surface area contributed by atoms with Crippen molar-refractivity contribution in [3.8, 4) is 0 Å². The molecule has 0 aliphatic carbocycles. The average Bonchev–Trinajstić information content (AvgIpc) is 2.92. The molecule has 1 aromatic carbocycles. The maximum absolute atomic E-state index is 11.8. The predicted molar refractivity (Wildman–Crippen MR) is 81.0 cm³/mol. The lowest BCUT2D eigenvalue weighted by Gasteiger charge is -2.08. The first-order valence-electron chi connectivity index (χ1n) is 6.02. The van der Waals surface area contributed by atoms with Gasteiger partial charge < -0.3 is 15.5 Å². The van der Waals surface area contributed by atoms with Crippen LogP contribution in [0.15, 0.2) is 40.3 Å². The van der Waals surface area contributed by atoms with Crippen LogP contribution in [0.1, 0.15) is 12.8 Å². The topological polar surface area (TPSA) is 81.1 Å². The van der Waals surface area contributed by atoms with Crippen LogP contribution in [0, 0.1) is 0 Å². The Hall–Kier alpha value is -1.66. The summed E-state index contributed by atoms with van der Waals surface area (Å²) in [4.78, 5) is 15.8. The number of carbonyl (C=O) groups is 1. The number of nitrogen functional groups attached to an aromatic ring is 1. The zero-order valence-corrected chi connectivity index (χ0v) is 12.2. The molecular weight excluding hydrogens is 298 g/mol. The van der Waals surface area contributed by atoms with Gasteiger partial charge in [-0.2, -0.15) is 0 Å². The summed E-state index contributed by atoms with van der Waals surface area (Å²) in [6.45, 7) is 0. The van der Waals surface area contributed by atoms with Gasteiger partial charge in [-0.3, -0.25) is 4.79 Å². The van der Waals surface area contributed by atoms with Crippen LogP contribution in [0.4, 0.5) is 11.4 Å². The molecule has 3 N–H and O–H groups in total. The second kappa shape index (κ2) is 7.21. The third kappa shape index (κ3) is 4.47. The maximum atomic E-state index is 11.8. The number of amides is 1. The van der Waals surface area contributed by atoms with Crippen LogP contribution in [0.3, 0.4) is 0 Å². The summed E-state index contributed by atoms with van der Waals surface area (Å²) >= 11 is 7.33. The molecule has 2 aromatic rings. The number of halogens is 1. The zero-order valence-electron chi connectivity index (χ0n) is 10.6. The van der Waals surface area contributed by atoms with E-state index < -0.39 is 0 Å². The van der Waals surface area contributed by atoms with Crippen molar-refractivity contribution >= 4 is 40.6 Å². The fourth-order valence-electron chi connectivity index (χ4n) is 1.52. The smallest absolute Gasteiger partial charge is 0.255 e. The van der Waals surface area contributed by atoms with Gasteiger partial charge >= 0.3 is 0 Å². The number of benzene rings is 1. The van der Waals surface area contributed by atoms with Crippen molar-refractivity contribution in [3.63, 3.8) is 0 Å². The summed E-state index contributed by atoms with van der Waals surface area (Å²) in [6, 6.07) is 4.98. The molecule has 2 rings (SSSR count). The highest BCUT2D eigenvalue weighted by atomic mass is 35.5. The lowest BCUT2D eigenvalue weighted by molar-refractivity contribution is -0.116. The second-order valence-electron chi connectivity index (χ2n) is 4.03. The number of thioether (sulfide) groups is 1. The molecule has 1 aromatic heterocycles. The van der Waals surface area contributed by atoms with Gasteiger partial charge in [0.1, 0.15) is 6.26 Å². The predicted octanol–water partition coefficient (Wildman–Crippen LogP) is 3.42. The molecule has 0 aliphatic heterocycles. The van der Waals surface area contributed by atoms with Crippen molar-refractivity contribution in [1.29, 1.82) is 0 Å². The summed E-state index contributed by atoms with van der Waals surface area (Å²) in [5, 5.41) is 3.90. The van der Waals surface area contributed by atoms with E-state index in [4.69, 9.17) is 21.8 Å². The summed E-state index contributed by atoms with van der Waals surface area (Å²) in [7, 11) is 0. The Bertz CT molecular complexity index is 575. The number of aromatic nitrogens is 1. The van der Waals surface area contributed by atoms with Crippen LogP contribution in [0.5, 0.6) is 0 Å². The highest BCUT2D eigenvalue weighted by Crippen LogP contribution is 2.23. The van der Waals surface area contributed by atoms with E-state index in [0.29, 0.717) is 28.0 Å². The molecule has 0 fully saturated rings. The summed E-state index contributed by atoms with van der Waals surface area (Å²) in [5.41, 5.74) is 6.80. The van der Waals surface area contributed by atoms with Crippen LogP contribution < -0.4 is 11.1 Å². The average molecular weight is 312 g/mol. The normalized spacial score (nSPS) is 10.4. The van der Waals surface area contributed by atoms with Crippen molar-refractivity contribution in [2.45, 2.75) is 18.1 Å². The molecule has 0 radical (unpaired) electrons. The fraction of sp³-hybridized carbons (Fsp3) is 0.231. The Morgan fingerprint density at radius 1 is 1.50 bits per heavy atom. The number of rotatable bonds is 6. The molecule has 0 aliphatic rings. The molecule has 0 spiro atoms. The van der Waals surface area contributed by atoms with Crippen molar-refractivity contribution in [2.24, 2.45) is 0 Å². The third-order valence-electron chi connectivity index (χ3n) is 2.47. The van der Waals surface area contributed by atoms with Crippen LogP contribution in [0.2, 0.25) is 5.02 Å². The molecule has 0 bridgehead atoms. The van der Waals surface area contributed by atoms with E-state index in [-0.39, 0.29) is 5.91 Å². The van der Waals surface area contributed by atoms with Gasteiger partial charge in [0.2, 0.25) is 5.91 Å². The number of oxazole rings is 1. The van der Waals surface area contributed by atoms with Gasteiger partial charge in [-0.25, -0.2) is 4.98 Å². The molecule has 0 saturated carbocycles. The number of nitrogens with two attached hydrogens (primary N) is 1. The van der Waals surface area contributed by atoms with Gasteiger partial charge in [-0.05, 0) is 24.6 Å². The first kappa shape index (κ1) is 14.7. The van der Waals surface area contributed by atoms with E-state index in [1.807, 2.05) is 0 Å². The molecule has 7 heteroatoms. The van der Waals surface area contributed by atoms with Crippen molar-refractivity contribution in [2.75, 3.05) is 16.8 Å². The first-order chi connectivity index (χ1) is 9.65. The third-order valence-corrected chi connectivity index (χ3v) is 3.65. The van der Waals surface area contributed by atoms with Crippen LogP contribution >= 0.6 is 23.4 Å². The van der Waals surface area contributed by atoms with Gasteiger partial charge in [-0.15, -0.1) is 0 Å². The Kier molecular flexibility index (Phi) is 5.31. The van der Waals surface area contributed by atoms with Gasteiger partial charge in [0.05, 0.1) is 17.6 Å². The molecule has 1 amide bonds. The van der Waals surface area contributed by atoms with Crippen molar-refractivity contribution < 1.29 is 9.21 Å². The van der Waals surface area contributed by atoms with Crippen molar-refractivity contribution in [1.82, 2.24) is 4.98 Å². The quantitative estimate of drug-likeness (QED) is 0.485. The van der Waals surface area contributed by atoms with Gasteiger partial charge in [-0.1, -0.05) is 23.4 Å². The minimum Gasteiger partial charge on any atom is -0.440 e. The maximum Gasteiger partial charge on any atom is 0.255 e.